The molecule has 0 radical (unpaired) electrons. The van der Waals surface area contributed by atoms with E-state index in [0.29, 0.717) is 5.25 Å². The molecule has 1 aliphatic rings. The molecule has 1 aliphatic heterocycles. The summed E-state index contributed by atoms with van der Waals surface area (Å²) in [6.45, 7) is 2.15. The van der Waals surface area contributed by atoms with Crippen LogP contribution in [-0.2, 0) is 6.42 Å². The van der Waals surface area contributed by atoms with E-state index in [1.165, 1.54) is 11.3 Å². The SMILES string of the molecule is CC1SCCCC1(O)Cc1ccccc1. The van der Waals surface area contributed by atoms with E-state index < -0.39 is 5.60 Å². The van der Waals surface area contributed by atoms with Crippen LogP contribution >= 0.6 is 11.8 Å². The Morgan fingerprint density at radius 3 is 2.80 bits per heavy atom. The lowest BCUT2D eigenvalue weighted by atomic mass is 9.87. The first kappa shape index (κ1) is 11.0. The highest BCUT2D eigenvalue weighted by molar-refractivity contribution is 8.00. The maximum Gasteiger partial charge on any atom is 0.0803 e. The number of benzene rings is 1. The second kappa shape index (κ2) is 4.58. The predicted molar refractivity (Wildman–Crippen MR) is 66.2 cm³/mol. The zero-order chi connectivity index (χ0) is 10.7. The lowest BCUT2D eigenvalue weighted by Crippen LogP contribution is -2.43. The molecule has 1 saturated heterocycles. The quantitative estimate of drug-likeness (QED) is 0.830. The van der Waals surface area contributed by atoms with E-state index in [1.807, 2.05) is 30.0 Å². The van der Waals surface area contributed by atoms with Crippen LogP contribution in [0.4, 0.5) is 0 Å². The Bertz CT molecular complexity index is 312. The van der Waals surface area contributed by atoms with Gasteiger partial charge in [-0.05, 0) is 24.2 Å². The number of thioether (sulfide) groups is 1. The van der Waals surface area contributed by atoms with Gasteiger partial charge >= 0.3 is 0 Å². The zero-order valence-corrected chi connectivity index (χ0v) is 9.96. The Balaban J connectivity index is 2.09. The molecule has 0 bridgehead atoms. The van der Waals surface area contributed by atoms with Crippen LogP contribution in [-0.4, -0.2) is 21.7 Å². The molecule has 0 amide bonds. The van der Waals surface area contributed by atoms with E-state index in [9.17, 15) is 5.11 Å². The highest BCUT2D eigenvalue weighted by Crippen LogP contribution is 2.36. The highest BCUT2D eigenvalue weighted by atomic mass is 32.2. The van der Waals surface area contributed by atoms with Gasteiger partial charge in [0.2, 0.25) is 0 Å². The molecule has 1 nitrogen and oxygen atoms in total. The molecule has 1 aromatic rings. The fourth-order valence-electron chi connectivity index (χ4n) is 2.18. The van der Waals surface area contributed by atoms with Gasteiger partial charge in [0, 0.05) is 11.7 Å². The van der Waals surface area contributed by atoms with Crippen molar-refractivity contribution < 1.29 is 5.11 Å². The second-order valence-electron chi connectivity index (χ2n) is 4.38. The van der Waals surface area contributed by atoms with Gasteiger partial charge in [-0.2, -0.15) is 11.8 Å². The molecule has 2 atom stereocenters. The number of rotatable bonds is 2. The van der Waals surface area contributed by atoms with Gasteiger partial charge in [-0.25, -0.2) is 0 Å². The maximum atomic E-state index is 10.6. The van der Waals surface area contributed by atoms with E-state index in [-0.39, 0.29) is 0 Å². The Morgan fingerprint density at radius 2 is 2.13 bits per heavy atom. The summed E-state index contributed by atoms with van der Waals surface area (Å²) in [6, 6.07) is 10.3. The van der Waals surface area contributed by atoms with Gasteiger partial charge in [-0.15, -0.1) is 0 Å². The Morgan fingerprint density at radius 1 is 1.40 bits per heavy atom. The van der Waals surface area contributed by atoms with Crippen molar-refractivity contribution in [1.82, 2.24) is 0 Å². The molecule has 0 spiro atoms. The van der Waals surface area contributed by atoms with Gasteiger partial charge in [0.25, 0.3) is 0 Å². The Hall–Kier alpha value is -0.470. The largest absolute Gasteiger partial charge is 0.388 e. The predicted octanol–water partition coefficient (Wildman–Crippen LogP) is 2.88. The van der Waals surface area contributed by atoms with Crippen molar-refractivity contribution in [3.63, 3.8) is 0 Å². The summed E-state index contributed by atoms with van der Waals surface area (Å²) in [7, 11) is 0. The van der Waals surface area contributed by atoms with E-state index in [1.54, 1.807) is 0 Å². The lowest BCUT2D eigenvalue weighted by Gasteiger charge is -2.37. The van der Waals surface area contributed by atoms with Crippen molar-refractivity contribution in [1.29, 1.82) is 0 Å². The first-order valence-corrected chi connectivity index (χ1v) is 6.63. The molecule has 1 N–H and O–H groups in total. The van der Waals surface area contributed by atoms with Crippen LogP contribution in [0, 0.1) is 0 Å². The summed E-state index contributed by atoms with van der Waals surface area (Å²) in [5.41, 5.74) is 0.749. The number of hydrogen-bond donors (Lipinski definition) is 1. The van der Waals surface area contributed by atoms with Crippen LogP contribution in [0.25, 0.3) is 0 Å². The molecular weight excluding hydrogens is 204 g/mol. The van der Waals surface area contributed by atoms with Gasteiger partial charge in [0.15, 0.2) is 0 Å². The minimum absolute atomic E-state index is 0.353. The molecule has 0 aliphatic carbocycles. The van der Waals surface area contributed by atoms with E-state index in [4.69, 9.17) is 0 Å². The summed E-state index contributed by atoms with van der Waals surface area (Å²) in [5.74, 6) is 1.19. The van der Waals surface area contributed by atoms with Crippen LogP contribution in [0.3, 0.4) is 0 Å². The number of aliphatic hydroxyl groups is 1. The molecule has 82 valence electrons. The van der Waals surface area contributed by atoms with Crippen molar-refractivity contribution in [3.8, 4) is 0 Å². The smallest absolute Gasteiger partial charge is 0.0803 e. The highest BCUT2D eigenvalue weighted by Gasteiger charge is 2.36. The van der Waals surface area contributed by atoms with Crippen LogP contribution in [0.1, 0.15) is 25.3 Å². The molecule has 2 heteroatoms. The van der Waals surface area contributed by atoms with Gasteiger partial charge in [-0.3, -0.25) is 0 Å². The van der Waals surface area contributed by atoms with Crippen molar-refractivity contribution >= 4 is 11.8 Å². The Labute approximate surface area is 95.9 Å². The lowest BCUT2D eigenvalue weighted by molar-refractivity contribution is 0.0297. The normalized spacial score (nSPS) is 31.5. The summed E-state index contributed by atoms with van der Waals surface area (Å²) in [6.07, 6.45) is 2.87. The third-order valence-electron chi connectivity index (χ3n) is 3.23. The Kier molecular flexibility index (Phi) is 3.37. The number of hydrogen-bond acceptors (Lipinski definition) is 2. The maximum absolute atomic E-state index is 10.6. The summed E-state index contributed by atoms with van der Waals surface area (Å²) in [5, 5.41) is 10.9. The molecular formula is C13H18OS. The first-order valence-electron chi connectivity index (χ1n) is 5.59. The minimum Gasteiger partial charge on any atom is -0.388 e. The standard InChI is InChI=1S/C13H18OS/c1-11-13(14,8-5-9-15-11)10-12-6-3-2-4-7-12/h2-4,6-7,11,14H,5,8-10H2,1H3. The van der Waals surface area contributed by atoms with Gasteiger partial charge in [0.1, 0.15) is 0 Å². The van der Waals surface area contributed by atoms with Crippen molar-refractivity contribution in [2.24, 2.45) is 0 Å². The minimum atomic E-state index is -0.496. The van der Waals surface area contributed by atoms with Gasteiger partial charge in [-0.1, -0.05) is 37.3 Å². The molecule has 1 fully saturated rings. The first-order chi connectivity index (χ1) is 7.21. The second-order valence-corrected chi connectivity index (χ2v) is 5.83. The van der Waals surface area contributed by atoms with Gasteiger partial charge in [0.05, 0.1) is 5.60 Å². The van der Waals surface area contributed by atoms with Crippen LogP contribution < -0.4 is 0 Å². The molecule has 0 aromatic heterocycles. The topological polar surface area (TPSA) is 20.2 Å². The average Bonchev–Trinajstić information content (AvgIpc) is 2.24. The van der Waals surface area contributed by atoms with Crippen molar-refractivity contribution in [3.05, 3.63) is 35.9 Å². The fraction of sp³-hybridized carbons (Fsp3) is 0.538. The molecule has 2 unspecified atom stereocenters. The molecule has 0 saturated carbocycles. The third-order valence-corrected chi connectivity index (χ3v) is 4.69. The van der Waals surface area contributed by atoms with E-state index >= 15 is 0 Å². The molecule has 1 heterocycles. The van der Waals surface area contributed by atoms with Crippen molar-refractivity contribution in [2.75, 3.05) is 5.75 Å². The van der Waals surface area contributed by atoms with Gasteiger partial charge < -0.3 is 5.11 Å². The van der Waals surface area contributed by atoms with Crippen LogP contribution in [0.15, 0.2) is 30.3 Å². The third kappa shape index (κ3) is 2.56. The summed E-state index contributed by atoms with van der Waals surface area (Å²) < 4.78 is 0. The molecule has 15 heavy (non-hydrogen) atoms. The summed E-state index contributed by atoms with van der Waals surface area (Å²) >= 11 is 1.89. The summed E-state index contributed by atoms with van der Waals surface area (Å²) in [4.78, 5) is 0. The van der Waals surface area contributed by atoms with Crippen LogP contribution in [0.2, 0.25) is 0 Å². The average molecular weight is 222 g/mol. The zero-order valence-electron chi connectivity index (χ0n) is 9.15. The molecule has 2 rings (SSSR count). The van der Waals surface area contributed by atoms with E-state index in [0.717, 1.165) is 19.3 Å². The van der Waals surface area contributed by atoms with E-state index in [2.05, 4.69) is 19.1 Å². The molecule has 1 aromatic carbocycles. The van der Waals surface area contributed by atoms with Crippen molar-refractivity contribution in [2.45, 2.75) is 37.0 Å². The fourth-order valence-corrected chi connectivity index (χ4v) is 3.35. The monoisotopic (exact) mass is 222 g/mol. The van der Waals surface area contributed by atoms with Crippen LogP contribution in [0.5, 0.6) is 0 Å².